The second-order valence-electron chi connectivity index (χ2n) is 3.76. The van der Waals surface area contributed by atoms with Crippen LogP contribution in [0.1, 0.15) is 5.56 Å². The van der Waals surface area contributed by atoms with Gasteiger partial charge in [-0.2, -0.15) is 0 Å². The SMILES string of the molecule is COc1ccc(CC2(N)SC(=O)NC2=O)cc1. The quantitative estimate of drug-likeness (QED) is 0.834. The predicted molar refractivity (Wildman–Crippen MR) is 64.7 cm³/mol. The van der Waals surface area contributed by atoms with Crippen LogP contribution in [0.3, 0.4) is 0 Å². The molecule has 1 heterocycles. The molecule has 2 amide bonds. The molecule has 1 aromatic rings. The lowest BCUT2D eigenvalue weighted by Gasteiger charge is -2.18. The van der Waals surface area contributed by atoms with Gasteiger partial charge in [0, 0.05) is 6.42 Å². The van der Waals surface area contributed by atoms with Crippen LogP contribution in [0, 0.1) is 0 Å². The van der Waals surface area contributed by atoms with Crippen LogP contribution in [0.4, 0.5) is 4.79 Å². The van der Waals surface area contributed by atoms with Crippen molar-refractivity contribution in [2.45, 2.75) is 11.3 Å². The second kappa shape index (κ2) is 4.38. The van der Waals surface area contributed by atoms with Gasteiger partial charge in [0.25, 0.3) is 11.1 Å². The summed E-state index contributed by atoms with van der Waals surface area (Å²) in [7, 11) is 1.58. The fourth-order valence-corrected chi connectivity index (χ4v) is 2.46. The molecule has 1 aromatic carbocycles. The highest BCUT2D eigenvalue weighted by Gasteiger charge is 2.44. The molecule has 1 saturated heterocycles. The van der Waals surface area contributed by atoms with E-state index < -0.39 is 16.0 Å². The zero-order valence-electron chi connectivity index (χ0n) is 9.23. The van der Waals surface area contributed by atoms with E-state index in [1.165, 1.54) is 0 Å². The molecule has 1 aliphatic rings. The van der Waals surface area contributed by atoms with E-state index in [4.69, 9.17) is 10.5 Å². The zero-order chi connectivity index (χ0) is 12.5. The van der Waals surface area contributed by atoms with E-state index in [0.717, 1.165) is 23.1 Å². The van der Waals surface area contributed by atoms with Crippen LogP contribution in [0.2, 0.25) is 0 Å². The normalized spacial score (nSPS) is 23.6. The first-order valence-electron chi connectivity index (χ1n) is 5.00. The third-order valence-electron chi connectivity index (χ3n) is 2.50. The van der Waals surface area contributed by atoms with Crippen LogP contribution in [0.25, 0.3) is 0 Å². The summed E-state index contributed by atoms with van der Waals surface area (Å²) in [6, 6.07) is 7.23. The standard InChI is InChI=1S/C11H12N2O3S/c1-16-8-4-2-7(3-5-8)6-11(12)9(14)13-10(15)17-11/h2-5H,6,12H2,1H3,(H,13,14,15). The Morgan fingerprint density at radius 1 is 1.35 bits per heavy atom. The van der Waals surface area contributed by atoms with E-state index in [9.17, 15) is 9.59 Å². The highest BCUT2D eigenvalue weighted by molar-refractivity contribution is 8.16. The number of nitrogens with two attached hydrogens (primary N) is 1. The van der Waals surface area contributed by atoms with E-state index in [-0.39, 0.29) is 0 Å². The van der Waals surface area contributed by atoms with Gasteiger partial charge < -0.3 is 10.5 Å². The van der Waals surface area contributed by atoms with Crippen molar-refractivity contribution < 1.29 is 14.3 Å². The molecule has 6 heteroatoms. The van der Waals surface area contributed by atoms with Gasteiger partial charge in [-0.15, -0.1) is 0 Å². The first-order chi connectivity index (χ1) is 8.03. The Kier molecular flexibility index (Phi) is 3.08. The molecule has 0 spiro atoms. The number of hydrogen-bond acceptors (Lipinski definition) is 5. The van der Waals surface area contributed by atoms with Gasteiger partial charge in [0.05, 0.1) is 7.11 Å². The maximum absolute atomic E-state index is 11.5. The summed E-state index contributed by atoms with van der Waals surface area (Å²) >= 11 is 0.828. The Balaban J connectivity index is 2.14. The fraction of sp³-hybridized carbons (Fsp3) is 0.273. The molecule has 1 atom stereocenters. The summed E-state index contributed by atoms with van der Waals surface area (Å²) < 4.78 is 5.03. The van der Waals surface area contributed by atoms with Crippen molar-refractivity contribution in [2.75, 3.05) is 7.11 Å². The number of benzene rings is 1. The first-order valence-corrected chi connectivity index (χ1v) is 5.81. The van der Waals surface area contributed by atoms with Crippen molar-refractivity contribution in [1.82, 2.24) is 5.32 Å². The van der Waals surface area contributed by atoms with Gasteiger partial charge in [0.2, 0.25) is 0 Å². The monoisotopic (exact) mass is 252 g/mol. The number of methoxy groups -OCH3 is 1. The zero-order valence-corrected chi connectivity index (χ0v) is 10.0. The van der Waals surface area contributed by atoms with Crippen LogP contribution < -0.4 is 15.8 Å². The smallest absolute Gasteiger partial charge is 0.288 e. The Morgan fingerprint density at radius 3 is 2.47 bits per heavy atom. The summed E-state index contributed by atoms with van der Waals surface area (Å²) in [5.41, 5.74) is 6.77. The van der Waals surface area contributed by atoms with Gasteiger partial charge in [0.15, 0.2) is 4.87 Å². The third-order valence-corrected chi connectivity index (χ3v) is 3.48. The Bertz CT molecular complexity index is 460. The first kappa shape index (κ1) is 11.9. The molecule has 1 unspecified atom stereocenters. The lowest BCUT2D eigenvalue weighted by atomic mass is 10.1. The molecule has 5 nitrogen and oxygen atoms in total. The lowest BCUT2D eigenvalue weighted by molar-refractivity contribution is -0.121. The molecule has 0 saturated carbocycles. The van der Waals surface area contributed by atoms with Gasteiger partial charge in [-0.3, -0.25) is 14.9 Å². The molecular weight excluding hydrogens is 240 g/mol. The number of nitrogens with one attached hydrogen (secondary N) is 1. The van der Waals surface area contributed by atoms with Gasteiger partial charge in [-0.1, -0.05) is 12.1 Å². The molecule has 17 heavy (non-hydrogen) atoms. The molecule has 1 fully saturated rings. The number of imide groups is 1. The van der Waals surface area contributed by atoms with Gasteiger partial charge in [-0.05, 0) is 29.5 Å². The maximum atomic E-state index is 11.5. The number of thioether (sulfide) groups is 1. The minimum atomic E-state index is -1.20. The fourth-order valence-electron chi connectivity index (χ4n) is 1.60. The molecule has 0 bridgehead atoms. The predicted octanol–water partition coefficient (Wildman–Crippen LogP) is 0.876. The second-order valence-corrected chi connectivity index (χ2v) is 5.06. The summed E-state index contributed by atoms with van der Waals surface area (Å²) in [6.07, 6.45) is 0.305. The van der Waals surface area contributed by atoms with E-state index in [1.807, 2.05) is 12.1 Å². The lowest BCUT2D eigenvalue weighted by Crippen LogP contribution is -2.46. The summed E-state index contributed by atoms with van der Waals surface area (Å²) in [5.74, 6) is 0.294. The van der Waals surface area contributed by atoms with Crippen LogP contribution in [0.15, 0.2) is 24.3 Å². The van der Waals surface area contributed by atoms with E-state index in [2.05, 4.69) is 5.32 Å². The summed E-state index contributed by atoms with van der Waals surface area (Å²) in [4.78, 5) is 21.4. The van der Waals surface area contributed by atoms with Crippen LogP contribution in [-0.2, 0) is 11.2 Å². The van der Waals surface area contributed by atoms with E-state index in [0.29, 0.717) is 6.42 Å². The average Bonchev–Trinajstić information content (AvgIpc) is 2.53. The van der Waals surface area contributed by atoms with Crippen molar-refractivity contribution in [3.05, 3.63) is 29.8 Å². The molecule has 90 valence electrons. The number of rotatable bonds is 3. The average molecular weight is 252 g/mol. The van der Waals surface area contributed by atoms with E-state index >= 15 is 0 Å². The number of amides is 2. The van der Waals surface area contributed by atoms with E-state index in [1.54, 1.807) is 19.2 Å². The van der Waals surface area contributed by atoms with Crippen molar-refractivity contribution in [1.29, 1.82) is 0 Å². The molecule has 1 aliphatic heterocycles. The molecular formula is C11H12N2O3S. The van der Waals surface area contributed by atoms with Gasteiger partial charge >= 0.3 is 0 Å². The van der Waals surface area contributed by atoms with Gasteiger partial charge in [-0.25, -0.2) is 0 Å². The van der Waals surface area contributed by atoms with Crippen LogP contribution in [0.5, 0.6) is 5.75 Å². The Hall–Kier alpha value is -1.53. The molecule has 3 N–H and O–H groups in total. The van der Waals surface area contributed by atoms with Crippen LogP contribution in [-0.4, -0.2) is 23.1 Å². The van der Waals surface area contributed by atoms with Crippen molar-refractivity contribution in [2.24, 2.45) is 5.73 Å². The number of carbonyl (C=O) groups excluding carboxylic acids is 2. The topological polar surface area (TPSA) is 81.4 Å². The molecule has 0 radical (unpaired) electrons. The molecule has 2 rings (SSSR count). The van der Waals surface area contributed by atoms with Crippen molar-refractivity contribution in [3.63, 3.8) is 0 Å². The number of ether oxygens (including phenoxy) is 1. The maximum Gasteiger partial charge on any atom is 0.288 e. The highest BCUT2D eigenvalue weighted by Crippen LogP contribution is 2.30. The minimum absolute atomic E-state index is 0.305. The highest BCUT2D eigenvalue weighted by atomic mass is 32.2. The van der Waals surface area contributed by atoms with Crippen molar-refractivity contribution in [3.8, 4) is 5.75 Å². The van der Waals surface area contributed by atoms with Crippen molar-refractivity contribution >= 4 is 22.9 Å². The summed E-state index contributed by atoms with van der Waals surface area (Å²) in [5, 5.41) is 1.79. The Morgan fingerprint density at radius 2 is 2.00 bits per heavy atom. The Labute approximate surface area is 103 Å². The summed E-state index contributed by atoms with van der Waals surface area (Å²) in [6.45, 7) is 0. The largest absolute Gasteiger partial charge is 0.497 e. The molecule has 0 aliphatic carbocycles. The number of carbonyl (C=O) groups is 2. The van der Waals surface area contributed by atoms with Gasteiger partial charge in [0.1, 0.15) is 5.75 Å². The van der Waals surface area contributed by atoms with Crippen LogP contribution >= 0.6 is 11.8 Å². The minimum Gasteiger partial charge on any atom is -0.497 e. The third kappa shape index (κ3) is 2.42. The number of hydrogen-bond donors (Lipinski definition) is 2. The molecule has 0 aromatic heterocycles.